The highest BCUT2D eigenvalue weighted by atomic mass is 35.5. The van der Waals surface area contributed by atoms with Crippen molar-refractivity contribution in [2.24, 2.45) is 0 Å². The predicted octanol–water partition coefficient (Wildman–Crippen LogP) is 4.03. The van der Waals surface area contributed by atoms with E-state index in [2.05, 4.69) is 39.7 Å². The number of hydrogen-bond acceptors (Lipinski definition) is 2. The van der Waals surface area contributed by atoms with Gasteiger partial charge in [-0.3, -0.25) is 4.57 Å². The molecule has 3 nitrogen and oxygen atoms in total. The zero-order chi connectivity index (χ0) is 14.1. The summed E-state index contributed by atoms with van der Waals surface area (Å²) in [5.41, 5.74) is 5.25. The zero-order valence-electron chi connectivity index (χ0n) is 11.6. The summed E-state index contributed by atoms with van der Waals surface area (Å²) in [5.74, 6) is 1.20. The lowest BCUT2D eigenvalue weighted by Crippen LogP contribution is -2.03. The maximum atomic E-state index is 6.08. The highest BCUT2D eigenvalue weighted by molar-refractivity contribution is 6.16. The van der Waals surface area contributed by atoms with Crippen LogP contribution in [0.5, 0.6) is 0 Å². The van der Waals surface area contributed by atoms with Gasteiger partial charge in [-0.2, -0.15) is 0 Å². The minimum atomic E-state index is 0.369. The van der Waals surface area contributed by atoms with Crippen molar-refractivity contribution in [1.29, 1.82) is 0 Å². The summed E-state index contributed by atoms with van der Waals surface area (Å²) in [6, 6.07) is 10.4. The van der Waals surface area contributed by atoms with Gasteiger partial charge < -0.3 is 0 Å². The van der Waals surface area contributed by atoms with Crippen LogP contribution in [0.3, 0.4) is 0 Å². The van der Waals surface area contributed by atoms with Gasteiger partial charge >= 0.3 is 0 Å². The summed E-state index contributed by atoms with van der Waals surface area (Å²) < 4.78 is 2.07. The number of pyridine rings is 1. The van der Waals surface area contributed by atoms with Gasteiger partial charge in [0.25, 0.3) is 0 Å². The number of imidazole rings is 1. The molecular formula is C16H16ClN3. The van der Waals surface area contributed by atoms with E-state index >= 15 is 0 Å². The molecule has 0 N–H and O–H groups in total. The molecule has 0 fully saturated rings. The van der Waals surface area contributed by atoms with Gasteiger partial charge in [0.15, 0.2) is 5.65 Å². The van der Waals surface area contributed by atoms with Gasteiger partial charge in [0.2, 0.25) is 0 Å². The van der Waals surface area contributed by atoms with Crippen molar-refractivity contribution >= 4 is 22.8 Å². The van der Waals surface area contributed by atoms with E-state index in [1.54, 1.807) is 0 Å². The number of fused-ring (bicyclic) bond motifs is 1. The Balaban J connectivity index is 2.34. The lowest BCUT2D eigenvalue weighted by atomic mass is 10.1. The Morgan fingerprint density at radius 2 is 2.05 bits per heavy atom. The van der Waals surface area contributed by atoms with Crippen LogP contribution in [0.1, 0.15) is 23.9 Å². The quantitative estimate of drug-likeness (QED) is 0.680. The molecule has 0 radical (unpaired) electrons. The largest absolute Gasteiger partial charge is 0.279 e. The molecule has 0 aliphatic heterocycles. The van der Waals surface area contributed by atoms with Gasteiger partial charge in [-0.1, -0.05) is 25.1 Å². The van der Waals surface area contributed by atoms with E-state index in [1.165, 1.54) is 5.56 Å². The zero-order valence-corrected chi connectivity index (χ0v) is 12.4. The van der Waals surface area contributed by atoms with E-state index in [-0.39, 0.29) is 0 Å². The molecule has 3 rings (SSSR count). The summed E-state index contributed by atoms with van der Waals surface area (Å²) in [4.78, 5) is 9.16. The SMILES string of the molecule is CCc1ccccc1-n1c(CCl)nc2cc(C)cnc21. The Bertz CT molecular complexity index is 762. The summed E-state index contributed by atoms with van der Waals surface area (Å²) in [6.45, 7) is 4.17. The molecule has 3 aromatic rings. The molecule has 102 valence electrons. The lowest BCUT2D eigenvalue weighted by Gasteiger charge is -2.11. The van der Waals surface area contributed by atoms with Crippen LogP contribution in [0.15, 0.2) is 36.5 Å². The second-order valence-corrected chi connectivity index (χ2v) is 5.10. The number of para-hydroxylation sites is 1. The van der Waals surface area contributed by atoms with Crippen molar-refractivity contribution in [3.05, 3.63) is 53.5 Å². The molecule has 0 unspecified atom stereocenters. The third kappa shape index (κ3) is 2.08. The third-order valence-electron chi connectivity index (χ3n) is 3.44. The van der Waals surface area contributed by atoms with Gasteiger partial charge in [0.05, 0.1) is 11.6 Å². The molecule has 0 bridgehead atoms. The fourth-order valence-corrected chi connectivity index (χ4v) is 2.66. The Morgan fingerprint density at radius 1 is 1.25 bits per heavy atom. The standard InChI is InChI=1S/C16H16ClN3/c1-3-12-6-4-5-7-14(12)20-15(9-17)19-13-8-11(2)10-18-16(13)20/h4-8,10H,3,9H2,1-2H3. The second-order valence-electron chi connectivity index (χ2n) is 4.83. The van der Waals surface area contributed by atoms with Crippen LogP contribution >= 0.6 is 11.6 Å². The smallest absolute Gasteiger partial charge is 0.164 e. The highest BCUT2D eigenvalue weighted by Crippen LogP contribution is 2.24. The van der Waals surface area contributed by atoms with E-state index in [9.17, 15) is 0 Å². The number of benzene rings is 1. The Labute approximate surface area is 123 Å². The number of nitrogens with zero attached hydrogens (tertiary/aromatic N) is 3. The first-order valence-electron chi connectivity index (χ1n) is 6.72. The van der Waals surface area contributed by atoms with Crippen LogP contribution < -0.4 is 0 Å². The van der Waals surface area contributed by atoms with E-state index in [1.807, 2.05) is 25.3 Å². The molecule has 0 saturated heterocycles. The number of aryl methyl sites for hydroxylation is 2. The lowest BCUT2D eigenvalue weighted by molar-refractivity contribution is 0.944. The Kier molecular flexibility index (Phi) is 3.45. The van der Waals surface area contributed by atoms with Crippen LogP contribution in [0, 0.1) is 6.92 Å². The molecule has 1 aromatic carbocycles. The van der Waals surface area contributed by atoms with Crippen LogP contribution in [-0.2, 0) is 12.3 Å². The van der Waals surface area contributed by atoms with Crippen molar-refractivity contribution in [3.8, 4) is 5.69 Å². The van der Waals surface area contributed by atoms with Crippen molar-refractivity contribution in [2.75, 3.05) is 0 Å². The Hall–Kier alpha value is -1.87. The Morgan fingerprint density at radius 3 is 2.80 bits per heavy atom. The summed E-state index contributed by atoms with van der Waals surface area (Å²) in [6.07, 6.45) is 2.83. The molecule has 2 aromatic heterocycles. The van der Waals surface area contributed by atoms with Gasteiger partial charge in [0, 0.05) is 6.20 Å². The first kappa shape index (κ1) is 13.1. The van der Waals surface area contributed by atoms with Crippen LogP contribution in [0.25, 0.3) is 16.9 Å². The predicted molar refractivity (Wildman–Crippen MR) is 82.5 cm³/mol. The molecule has 2 heterocycles. The normalized spacial score (nSPS) is 11.2. The minimum Gasteiger partial charge on any atom is -0.279 e. The topological polar surface area (TPSA) is 30.7 Å². The summed E-state index contributed by atoms with van der Waals surface area (Å²) in [5, 5.41) is 0. The average molecular weight is 286 g/mol. The first-order valence-corrected chi connectivity index (χ1v) is 7.26. The monoisotopic (exact) mass is 285 g/mol. The molecule has 0 amide bonds. The molecular weight excluding hydrogens is 270 g/mol. The first-order chi connectivity index (χ1) is 9.74. The maximum absolute atomic E-state index is 6.08. The van der Waals surface area contributed by atoms with Crippen molar-refractivity contribution in [2.45, 2.75) is 26.1 Å². The fourth-order valence-electron chi connectivity index (χ4n) is 2.48. The number of hydrogen-bond donors (Lipinski definition) is 0. The minimum absolute atomic E-state index is 0.369. The molecule has 4 heteroatoms. The third-order valence-corrected chi connectivity index (χ3v) is 3.68. The molecule has 20 heavy (non-hydrogen) atoms. The van der Waals surface area contributed by atoms with Crippen molar-refractivity contribution < 1.29 is 0 Å². The summed E-state index contributed by atoms with van der Waals surface area (Å²) >= 11 is 6.08. The van der Waals surface area contributed by atoms with Gasteiger partial charge in [-0.05, 0) is 36.6 Å². The summed E-state index contributed by atoms with van der Waals surface area (Å²) in [7, 11) is 0. The van der Waals surface area contributed by atoms with Crippen molar-refractivity contribution in [1.82, 2.24) is 14.5 Å². The van der Waals surface area contributed by atoms with Crippen LogP contribution in [0.2, 0.25) is 0 Å². The number of rotatable bonds is 3. The number of halogens is 1. The van der Waals surface area contributed by atoms with E-state index in [4.69, 9.17) is 11.6 Å². The molecule has 0 saturated carbocycles. The van der Waals surface area contributed by atoms with Crippen molar-refractivity contribution in [3.63, 3.8) is 0 Å². The van der Waals surface area contributed by atoms with E-state index in [0.717, 1.165) is 34.7 Å². The average Bonchev–Trinajstić information content (AvgIpc) is 2.84. The number of alkyl halides is 1. The molecule has 0 atom stereocenters. The molecule has 0 spiro atoms. The molecule has 0 aliphatic rings. The van der Waals surface area contributed by atoms with E-state index < -0.39 is 0 Å². The maximum Gasteiger partial charge on any atom is 0.164 e. The van der Waals surface area contributed by atoms with Gasteiger partial charge in [-0.15, -0.1) is 11.6 Å². The highest BCUT2D eigenvalue weighted by Gasteiger charge is 2.14. The number of aromatic nitrogens is 3. The second kappa shape index (κ2) is 5.25. The van der Waals surface area contributed by atoms with Crippen LogP contribution in [-0.4, -0.2) is 14.5 Å². The van der Waals surface area contributed by atoms with E-state index in [0.29, 0.717) is 5.88 Å². The molecule has 0 aliphatic carbocycles. The van der Waals surface area contributed by atoms with Crippen LogP contribution in [0.4, 0.5) is 0 Å². The van der Waals surface area contributed by atoms with Gasteiger partial charge in [0.1, 0.15) is 11.3 Å². The van der Waals surface area contributed by atoms with Gasteiger partial charge in [-0.25, -0.2) is 9.97 Å². The fraction of sp³-hybridized carbons (Fsp3) is 0.250.